The fraction of sp³-hybridized carbons (Fsp3) is 1.00. The van der Waals surface area contributed by atoms with Crippen LogP contribution in [0.4, 0.5) is 0 Å². The minimum absolute atomic E-state index is 0.117. The van der Waals surface area contributed by atoms with Gasteiger partial charge in [0.15, 0.2) is 0 Å². The number of hydrogen-bond donors (Lipinski definition) is 1. The second kappa shape index (κ2) is 6.69. The molecule has 1 N–H and O–H groups in total. The van der Waals surface area contributed by atoms with Crippen molar-refractivity contribution in [2.24, 2.45) is 5.92 Å². The van der Waals surface area contributed by atoms with Crippen LogP contribution in [0.2, 0.25) is 0 Å². The zero-order valence-corrected chi connectivity index (χ0v) is 12.3. The summed E-state index contributed by atoms with van der Waals surface area (Å²) in [6.07, 6.45) is 4.36. The van der Waals surface area contributed by atoms with E-state index >= 15 is 0 Å². The maximum atomic E-state index is 10.2. The lowest BCUT2D eigenvalue weighted by Gasteiger charge is -2.44. The number of rotatable bonds is 4. The Morgan fingerprint density at radius 3 is 2.94 bits per heavy atom. The van der Waals surface area contributed by atoms with Gasteiger partial charge in [0.05, 0.1) is 11.7 Å². The molecule has 17 heavy (non-hydrogen) atoms. The predicted molar refractivity (Wildman–Crippen MR) is 77.0 cm³/mol. The van der Waals surface area contributed by atoms with E-state index in [1.165, 1.54) is 24.3 Å². The fourth-order valence-corrected chi connectivity index (χ4v) is 4.85. The molecule has 2 heterocycles. The van der Waals surface area contributed by atoms with Gasteiger partial charge in [-0.1, -0.05) is 6.92 Å². The van der Waals surface area contributed by atoms with Gasteiger partial charge in [0.1, 0.15) is 0 Å². The molecule has 0 aromatic heterocycles. The van der Waals surface area contributed by atoms with E-state index in [0.717, 1.165) is 31.0 Å². The highest BCUT2D eigenvalue weighted by atomic mass is 32.2. The molecule has 2 fully saturated rings. The largest absolute Gasteiger partial charge is 0.392 e. The van der Waals surface area contributed by atoms with Crippen molar-refractivity contribution in [1.29, 1.82) is 0 Å². The van der Waals surface area contributed by atoms with Gasteiger partial charge in [0.2, 0.25) is 0 Å². The summed E-state index contributed by atoms with van der Waals surface area (Å²) in [5.74, 6) is 4.92. The minimum Gasteiger partial charge on any atom is -0.392 e. The lowest BCUT2D eigenvalue weighted by Crippen LogP contribution is -2.45. The zero-order valence-electron chi connectivity index (χ0n) is 10.7. The van der Waals surface area contributed by atoms with Crippen LogP contribution in [0.25, 0.3) is 0 Å². The van der Waals surface area contributed by atoms with Crippen molar-refractivity contribution in [3.05, 3.63) is 0 Å². The van der Waals surface area contributed by atoms with Gasteiger partial charge >= 0.3 is 0 Å². The van der Waals surface area contributed by atoms with Gasteiger partial charge in [-0.25, -0.2) is 0 Å². The molecule has 4 heteroatoms. The molecular weight excluding hydrogens is 252 g/mol. The third kappa shape index (κ3) is 3.79. The second-order valence-corrected chi connectivity index (χ2v) is 7.67. The number of ether oxygens (including phenoxy) is 1. The van der Waals surface area contributed by atoms with Crippen LogP contribution >= 0.6 is 23.5 Å². The molecule has 2 unspecified atom stereocenters. The molecule has 0 radical (unpaired) electrons. The Labute approximate surface area is 113 Å². The topological polar surface area (TPSA) is 29.5 Å². The van der Waals surface area contributed by atoms with Crippen LogP contribution in [0.1, 0.15) is 32.6 Å². The van der Waals surface area contributed by atoms with E-state index < -0.39 is 0 Å². The normalized spacial score (nSPS) is 30.4. The SMILES string of the molecule is CCSCC(O)C1CCOC2(CCSCC2)C1. The maximum Gasteiger partial charge on any atom is 0.0701 e. The summed E-state index contributed by atoms with van der Waals surface area (Å²) in [6.45, 7) is 3.00. The average molecular weight is 276 g/mol. The van der Waals surface area contributed by atoms with Gasteiger partial charge in [0, 0.05) is 12.4 Å². The van der Waals surface area contributed by atoms with Crippen molar-refractivity contribution in [3.8, 4) is 0 Å². The van der Waals surface area contributed by atoms with Crippen molar-refractivity contribution < 1.29 is 9.84 Å². The molecule has 0 amide bonds. The summed E-state index contributed by atoms with van der Waals surface area (Å²) >= 11 is 3.89. The van der Waals surface area contributed by atoms with E-state index in [4.69, 9.17) is 4.74 Å². The molecule has 0 aromatic rings. The Hall–Kier alpha value is 0.620. The Bertz CT molecular complexity index is 224. The van der Waals surface area contributed by atoms with Gasteiger partial charge in [-0.3, -0.25) is 0 Å². The van der Waals surface area contributed by atoms with Crippen LogP contribution < -0.4 is 0 Å². The molecule has 2 nitrogen and oxygen atoms in total. The molecule has 0 saturated carbocycles. The number of aliphatic hydroxyl groups excluding tert-OH is 1. The third-order valence-corrected chi connectivity index (χ3v) is 5.94. The van der Waals surface area contributed by atoms with Crippen molar-refractivity contribution >= 4 is 23.5 Å². The van der Waals surface area contributed by atoms with Gasteiger partial charge in [-0.15, -0.1) is 0 Å². The summed E-state index contributed by atoms with van der Waals surface area (Å²) in [7, 11) is 0. The van der Waals surface area contributed by atoms with E-state index in [1.54, 1.807) is 0 Å². The Balaban J connectivity index is 1.87. The maximum absolute atomic E-state index is 10.2. The molecule has 1 spiro atoms. The summed E-state index contributed by atoms with van der Waals surface area (Å²) in [4.78, 5) is 0. The van der Waals surface area contributed by atoms with E-state index in [2.05, 4.69) is 6.92 Å². The van der Waals surface area contributed by atoms with Crippen LogP contribution in [0.5, 0.6) is 0 Å². The molecule has 0 aliphatic carbocycles. The van der Waals surface area contributed by atoms with Crippen molar-refractivity contribution in [2.75, 3.05) is 29.6 Å². The van der Waals surface area contributed by atoms with Gasteiger partial charge in [-0.2, -0.15) is 23.5 Å². The van der Waals surface area contributed by atoms with Crippen LogP contribution in [-0.4, -0.2) is 46.4 Å². The number of hydrogen-bond acceptors (Lipinski definition) is 4. The second-order valence-electron chi connectivity index (χ2n) is 5.12. The van der Waals surface area contributed by atoms with Crippen LogP contribution in [0.3, 0.4) is 0 Å². The number of aliphatic hydroxyl groups is 1. The minimum atomic E-state index is -0.129. The quantitative estimate of drug-likeness (QED) is 0.855. The molecule has 100 valence electrons. The highest BCUT2D eigenvalue weighted by molar-refractivity contribution is 7.99. The predicted octanol–water partition coefficient (Wildman–Crippen LogP) is 2.79. The first-order chi connectivity index (χ1) is 8.26. The summed E-state index contributed by atoms with van der Waals surface area (Å²) in [6, 6.07) is 0. The standard InChI is InChI=1S/C13H24O2S2/c1-2-16-10-12(14)11-3-6-15-13(9-11)4-7-17-8-5-13/h11-12,14H,2-10H2,1H3. The molecule has 2 saturated heterocycles. The van der Waals surface area contributed by atoms with Crippen LogP contribution in [0, 0.1) is 5.92 Å². The smallest absolute Gasteiger partial charge is 0.0701 e. The Kier molecular flexibility index (Phi) is 5.52. The molecule has 2 atom stereocenters. The van der Waals surface area contributed by atoms with E-state index in [1.807, 2.05) is 23.5 Å². The monoisotopic (exact) mass is 276 g/mol. The lowest BCUT2D eigenvalue weighted by molar-refractivity contribution is -0.117. The lowest BCUT2D eigenvalue weighted by atomic mass is 9.80. The summed E-state index contributed by atoms with van der Waals surface area (Å²) in [5.41, 5.74) is 0.117. The van der Waals surface area contributed by atoms with E-state index in [9.17, 15) is 5.11 Å². The molecule has 2 rings (SSSR count). The molecular formula is C13H24O2S2. The average Bonchev–Trinajstić information content (AvgIpc) is 2.37. The van der Waals surface area contributed by atoms with Crippen molar-refractivity contribution in [3.63, 3.8) is 0 Å². The summed E-state index contributed by atoms with van der Waals surface area (Å²) < 4.78 is 6.06. The fourth-order valence-electron chi connectivity index (χ4n) is 2.86. The first-order valence-corrected chi connectivity index (χ1v) is 9.04. The zero-order chi connectivity index (χ0) is 12.1. The van der Waals surface area contributed by atoms with Gasteiger partial charge in [-0.05, 0) is 48.9 Å². The first-order valence-electron chi connectivity index (χ1n) is 6.73. The number of thioether (sulfide) groups is 2. The van der Waals surface area contributed by atoms with Crippen molar-refractivity contribution in [1.82, 2.24) is 0 Å². The highest BCUT2D eigenvalue weighted by Crippen LogP contribution is 2.40. The summed E-state index contributed by atoms with van der Waals surface area (Å²) in [5, 5.41) is 10.2. The van der Waals surface area contributed by atoms with Crippen LogP contribution in [-0.2, 0) is 4.74 Å². The Morgan fingerprint density at radius 1 is 1.47 bits per heavy atom. The molecule has 0 bridgehead atoms. The van der Waals surface area contributed by atoms with E-state index in [-0.39, 0.29) is 11.7 Å². The van der Waals surface area contributed by atoms with Gasteiger partial charge in [0.25, 0.3) is 0 Å². The Morgan fingerprint density at radius 2 is 2.24 bits per heavy atom. The third-order valence-electron chi connectivity index (χ3n) is 3.97. The highest BCUT2D eigenvalue weighted by Gasteiger charge is 2.40. The van der Waals surface area contributed by atoms with Crippen molar-refractivity contribution in [2.45, 2.75) is 44.3 Å². The molecule has 2 aliphatic heterocycles. The molecule has 0 aromatic carbocycles. The van der Waals surface area contributed by atoms with E-state index in [0.29, 0.717) is 5.92 Å². The van der Waals surface area contributed by atoms with Crippen LogP contribution in [0.15, 0.2) is 0 Å². The first kappa shape index (κ1) is 14.0. The van der Waals surface area contributed by atoms with Gasteiger partial charge < -0.3 is 9.84 Å². The molecule has 2 aliphatic rings.